The summed E-state index contributed by atoms with van der Waals surface area (Å²) in [5.41, 5.74) is 11.1. The predicted octanol–water partition coefficient (Wildman–Crippen LogP) is -3.71. The molecule has 0 aromatic carbocycles. The van der Waals surface area contributed by atoms with Crippen molar-refractivity contribution in [2.45, 2.75) is 30.4 Å². The first-order valence-corrected chi connectivity index (χ1v) is 6.17. The van der Waals surface area contributed by atoms with Gasteiger partial charge in [0.25, 0.3) is 0 Å². The molecule has 0 spiro atoms. The van der Waals surface area contributed by atoms with E-state index in [9.17, 15) is 15.3 Å². The molecule has 5 atom stereocenters. The molecule has 0 aliphatic heterocycles. The van der Waals surface area contributed by atoms with E-state index in [1.165, 1.54) is 7.11 Å². The summed E-state index contributed by atoms with van der Waals surface area (Å²) in [7, 11) is 3.19. The summed E-state index contributed by atoms with van der Waals surface area (Å²) in [6, 6.07) is -1.86. The summed E-state index contributed by atoms with van der Waals surface area (Å²) < 4.78 is 4.79. The summed E-state index contributed by atoms with van der Waals surface area (Å²) in [4.78, 5) is 1.67. The van der Waals surface area contributed by atoms with Gasteiger partial charge in [-0.3, -0.25) is 0 Å². The van der Waals surface area contributed by atoms with Crippen LogP contribution in [0, 0.1) is 0 Å². The van der Waals surface area contributed by atoms with E-state index in [2.05, 4.69) is 0 Å². The van der Waals surface area contributed by atoms with Crippen LogP contribution in [-0.2, 0) is 4.74 Å². The molecule has 0 aromatic rings. The SMILES string of the molecule is COCC(O)CN(C)CC(O)C(N)C(O)C(N)CO. The van der Waals surface area contributed by atoms with Crippen molar-refractivity contribution in [3.8, 4) is 0 Å². The van der Waals surface area contributed by atoms with Gasteiger partial charge < -0.3 is 41.5 Å². The molecule has 0 radical (unpaired) electrons. The second kappa shape index (κ2) is 9.56. The number of likely N-dealkylation sites (N-methyl/N-ethyl adjacent to an activating group) is 1. The highest BCUT2D eigenvalue weighted by Crippen LogP contribution is 2.03. The molecule has 0 aliphatic rings. The van der Waals surface area contributed by atoms with Gasteiger partial charge in [0, 0.05) is 20.2 Å². The number of aliphatic hydroxyl groups is 4. The zero-order chi connectivity index (χ0) is 15.0. The van der Waals surface area contributed by atoms with Crippen LogP contribution in [0.4, 0.5) is 0 Å². The van der Waals surface area contributed by atoms with Gasteiger partial charge in [0.1, 0.15) is 0 Å². The van der Waals surface area contributed by atoms with E-state index in [-0.39, 0.29) is 13.2 Å². The Kier molecular flexibility index (Phi) is 9.40. The summed E-state index contributed by atoms with van der Waals surface area (Å²) in [6.45, 7) is 0.255. The van der Waals surface area contributed by atoms with E-state index in [4.69, 9.17) is 21.3 Å². The zero-order valence-electron chi connectivity index (χ0n) is 11.5. The molecule has 0 saturated carbocycles. The lowest BCUT2D eigenvalue weighted by Crippen LogP contribution is -2.56. The molecular weight excluding hydrogens is 254 g/mol. The monoisotopic (exact) mass is 281 g/mol. The van der Waals surface area contributed by atoms with E-state index < -0.39 is 37.0 Å². The van der Waals surface area contributed by atoms with Crippen LogP contribution >= 0.6 is 0 Å². The number of nitrogens with two attached hydrogens (primary N) is 2. The third-order valence-corrected chi connectivity index (χ3v) is 2.87. The maximum absolute atomic E-state index is 9.87. The normalized spacial score (nSPS) is 20.1. The van der Waals surface area contributed by atoms with Crippen LogP contribution in [0.2, 0.25) is 0 Å². The second-order valence-electron chi connectivity index (χ2n) is 4.81. The topological polar surface area (TPSA) is 145 Å². The van der Waals surface area contributed by atoms with E-state index >= 15 is 0 Å². The van der Waals surface area contributed by atoms with E-state index in [1.54, 1.807) is 11.9 Å². The Hall–Kier alpha value is -0.320. The quantitative estimate of drug-likeness (QED) is 0.240. The highest BCUT2D eigenvalue weighted by atomic mass is 16.5. The summed E-state index contributed by atoms with van der Waals surface area (Å²) in [5.74, 6) is 0. The average Bonchev–Trinajstić information content (AvgIpc) is 2.35. The van der Waals surface area contributed by atoms with Crippen LogP contribution in [0.25, 0.3) is 0 Å². The van der Waals surface area contributed by atoms with E-state index in [0.717, 1.165) is 0 Å². The fraction of sp³-hybridized carbons (Fsp3) is 1.00. The molecular formula is C11H27N3O5. The van der Waals surface area contributed by atoms with Gasteiger partial charge in [-0.1, -0.05) is 0 Å². The Balaban J connectivity index is 4.16. The molecule has 8 nitrogen and oxygen atoms in total. The van der Waals surface area contributed by atoms with Gasteiger partial charge in [-0.05, 0) is 7.05 Å². The fourth-order valence-electron chi connectivity index (χ4n) is 1.74. The van der Waals surface area contributed by atoms with Crippen molar-refractivity contribution in [3.05, 3.63) is 0 Å². The minimum atomic E-state index is -1.20. The molecule has 0 bridgehead atoms. The lowest BCUT2D eigenvalue weighted by atomic mass is 9.99. The standard InChI is InChI=1S/C11H27N3O5/c1-14(3-7(16)6-19-2)4-9(17)10(13)11(18)8(12)5-15/h7-11,15-18H,3-6,12-13H2,1-2H3. The lowest BCUT2D eigenvalue weighted by Gasteiger charge is -2.30. The minimum absolute atomic E-state index is 0.164. The molecule has 0 aromatic heterocycles. The number of nitrogens with zero attached hydrogens (tertiary/aromatic N) is 1. The first-order valence-electron chi connectivity index (χ1n) is 6.17. The number of hydrogen-bond acceptors (Lipinski definition) is 8. The van der Waals surface area contributed by atoms with Crippen LogP contribution in [0.1, 0.15) is 0 Å². The highest BCUT2D eigenvalue weighted by Gasteiger charge is 2.28. The summed E-state index contributed by atoms with van der Waals surface area (Å²) in [5, 5.41) is 37.9. The molecule has 0 heterocycles. The Bertz CT molecular complexity index is 234. The molecule has 0 fully saturated rings. The molecule has 0 saturated heterocycles. The number of hydrogen-bond donors (Lipinski definition) is 6. The van der Waals surface area contributed by atoms with Crippen LogP contribution in [-0.4, -0.2) is 96.2 Å². The van der Waals surface area contributed by atoms with Gasteiger partial charge in [0.2, 0.25) is 0 Å². The summed E-state index contributed by atoms with van der Waals surface area (Å²) >= 11 is 0. The highest BCUT2D eigenvalue weighted by molar-refractivity contribution is 4.87. The first kappa shape index (κ1) is 18.7. The molecule has 116 valence electrons. The molecule has 0 amide bonds. The van der Waals surface area contributed by atoms with Gasteiger partial charge in [-0.15, -0.1) is 0 Å². The van der Waals surface area contributed by atoms with Gasteiger partial charge >= 0.3 is 0 Å². The fourth-order valence-corrected chi connectivity index (χ4v) is 1.74. The number of aliphatic hydroxyl groups excluding tert-OH is 4. The second-order valence-corrected chi connectivity index (χ2v) is 4.81. The van der Waals surface area contributed by atoms with Crippen LogP contribution in [0.15, 0.2) is 0 Å². The molecule has 8 heteroatoms. The van der Waals surface area contributed by atoms with E-state index in [0.29, 0.717) is 6.54 Å². The third kappa shape index (κ3) is 7.14. The molecule has 19 heavy (non-hydrogen) atoms. The maximum atomic E-state index is 9.87. The zero-order valence-corrected chi connectivity index (χ0v) is 11.5. The minimum Gasteiger partial charge on any atom is -0.395 e. The molecule has 0 aliphatic carbocycles. The van der Waals surface area contributed by atoms with Crippen LogP contribution in [0.5, 0.6) is 0 Å². The summed E-state index contributed by atoms with van der Waals surface area (Å²) in [6.07, 6.45) is -2.88. The van der Waals surface area contributed by atoms with Gasteiger partial charge in [0.15, 0.2) is 0 Å². The van der Waals surface area contributed by atoms with Crippen molar-refractivity contribution in [2.24, 2.45) is 11.5 Å². The van der Waals surface area contributed by atoms with Crippen molar-refractivity contribution >= 4 is 0 Å². The Morgan fingerprint density at radius 1 is 1.16 bits per heavy atom. The van der Waals surface area contributed by atoms with Crippen LogP contribution < -0.4 is 11.5 Å². The molecule has 0 rings (SSSR count). The Labute approximate surface area is 113 Å². The van der Waals surface area contributed by atoms with Crippen molar-refractivity contribution in [1.29, 1.82) is 0 Å². The molecule has 8 N–H and O–H groups in total. The van der Waals surface area contributed by atoms with Crippen molar-refractivity contribution in [1.82, 2.24) is 4.90 Å². The van der Waals surface area contributed by atoms with Crippen molar-refractivity contribution in [2.75, 3.05) is 40.5 Å². The maximum Gasteiger partial charge on any atom is 0.0899 e. The predicted molar refractivity (Wildman–Crippen MR) is 70.4 cm³/mol. The van der Waals surface area contributed by atoms with Crippen molar-refractivity contribution < 1.29 is 25.2 Å². The smallest absolute Gasteiger partial charge is 0.0899 e. The number of methoxy groups -OCH3 is 1. The number of ether oxygens (including phenoxy) is 1. The lowest BCUT2D eigenvalue weighted by molar-refractivity contribution is 0.00226. The Morgan fingerprint density at radius 3 is 2.21 bits per heavy atom. The van der Waals surface area contributed by atoms with Gasteiger partial charge in [0.05, 0.1) is 43.6 Å². The number of rotatable bonds is 10. The van der Waals surface area contributed by atoms with E-state index in [1.807, 2.05) is 0 Å². The van der Waals surface area contributed by atoms with Gasteiger partial charge in [-0.25, -0.2) is 0 Å². The van der Waals surface area contributed by atoms with Crippen molar-refractivity contribution in [3.63, 3.8) is 0 Å². The van der Waals surface area contributed by atoms with Crippen LogP contribution in [0.3, 0.4) is 0 Å². The van der Waals surface area contributed by atoms with Gasteiger partial charge in [-0.2, -0.15) is 0 Å². The first-order chi connectivity index (χ1) is 8.83. The Morgan fingerprint density at radius 2 is 1.74 bits per heavy atom. The largest absolute Gasteiger partial charge is 0.395 e. The molecule has 5 unspecified atom stereocenters. The third-order valence-electron chi connectivity index (χ3n) is 2.87. The average molecular weight is 281 g/mol.